The van der Waals surface area contributed by atoms with Gasteiger partial charge in [0.15, 0.2) is 0 Å². The fraction of sp³-hybridized carbons (Fsp3) is 0.222. The summed E-state index contributed by atoms with van der Waals surface area (Å²) in [5.41, 5.74) is 0.407. The van der Waals surface area contributed by atoms with Crippen LogP contribution in [0.25, 0.3) is 0 Å². The van der Waals surface area contributed by atoms with Gasteiger partial charge in [-0.2, -0.15) is 0 Å². The van der Waals surface area contributed by atoms with Crippen LogP contribution in [-0.2, 0) is 4.74 Å². The quantitative estimate of drug-likeness (QED) is 0.667. The first-order chi connectivity index (χ1) is 6.56. The van der Waals surface area contributed by atoms with E-state index in [4.69, 9.17) is 16.3 Å². The lowest BCUT2D eigenvalue weighted by Crippen LogP contribution is -2.04. The molecule has 0 saturated carbocycles. The van der Waals surface area contributed by atoms with Crippen LogP contribution in [0.2, 0.25) is 5.02 Å². The van der Waals surface area contributed by atoms with Gasteiger partial charge in [0, 0.05) is 9.37 Å². The van der Waals surface area contributed by atoms with Crippen LogP contribution >= 0.6 is 40.2 Å². The van der Waals surface area contributed by atoms with Crippen molar-refractivity contribution in [2.24, 2.45) is 0 Å². The van der Waals surface area contributed by atoms with Crippen molar-refractivity contribution in [2.75, 3.05) is 6.61 Å². The Bertz CT molecular complexity index is 345. The summed E-state index contributed by atoms with van der Waals surface area (Å²) in [5, 5.41) is 0.445. The summed E-state index contributed by atoms with van der Waals surface area (Å²) in [6.07, 6.45) is 0. The molecule has 1 aromatic carbocycles. The predicted molar refractivity (Wildman–Crippen MR) is 62.4 cm³/mol. The minimum atomic E-state index is -0.391. The highest BCUT2D eigenvalue weighted by molar-refractivity contribution is 9.10. The maximum absolute atomic E-state index is 11.3. The maximum atomic E-state index is 11.3. The molecule has 76 valence electrons. The molecule has 14 heavy (non-hydrogen) atoms. The highest BCUT2D eigenvalue weighted by atomic mass is 79.9. The molecular formula is C9H8BrClO2S. The van der Waals surface area contributed by atoms with Crippen LogP contribution in [0.1, 0.15) is 17.3 Å². The molecule has 0 bridgehead atoms. The standard InChI is InChI=1S/C9H8BrClO2S/c1-2-13-9(12)5-3-6(11)8(10)7(14)4-5/h3-4,14H,2H2,1H3. The molecule has 0 radical (unpaired) electrons. The predicted octanol–water partition coefficient (Wildman–Crippen LogP) is 3.57. The average molecular weight is 296 g/mol. The van der Waals surface area contributed by atoms with Gasteiger partial charge in [0.1, 0.15) is 0 Å². The third kappa shape index (κ3) is 2.65. The molecule has 0 saturated heterocycles. The van der Waals surface area contributed by atoms with Crippen molar-refractivity contribution in [3.63, 3.8) is 0 Å². The number of hydrogen-bond donors (Lipinski definition) is 1. The third-order valence-corrected chi connectivity index (χ3v) is 3.56. The summed E-state index contributed by atoms with van der Waals surface area (Å²) >= 11 is 13.3. The van der Waals surface area contributed by atoms with Crippen LogP contribution in [-0.4, -0.2) is 12.6 Å². The molecule has 0 aliphatic heterocycles. The van der Waals surface area contributed by atoms with Crippen molar-refractivity contribution in [3.05, 3.63) is 27.2 Å². The summed E-state index contributed by atoms with van der Waals surface area (Å²) in [5.74, 6) is -0.391. The second kappa shape index (κ2) is 5.05. The zero-order valence-electron chi connectivity index (χ0n) is 7.38. The van der Waals surface area contributed by atoms with E-state index in [1.807, 2.05) is 0 Å². The van der Waals surface area contributed by atoms with E-state index in [-0.39, 0.29) is 0 Å². The van der Waals surface area contributed by atoms with Crippen LogP contribution in [0.3, 0.4) is 0 Å². The Morgan fingerprint density at radius 3 is 2.79 bits per heavy atom. The average Bonchev–Trinajstić information content (AvgIpc) is 2.13. The largest absolute Gasteiger partial charge is 0.462 e. The molecule has 2 nitrogen and oxygen atoms in total. The molecule has 1 aromatic rings. The number of rotatable bonds is 2. The first kappa shape index (κ1) is 11.9. The van der Waals surface area contributed by atoms with Gasteiger partial charge in [0.05, 0.1) is 17.2 Å². The van der Waals surface area contributed by atoms with E-state index in [2.05, 4.69) is 28.6 Å². The van der Waals surface area contributed by atoms with Crippen LogP contribution < -0.4 is 0 Å². The summed E-state index contributed by atoms with van der Waals surface area (Å²) in [6.45, 7) is 2.09. The van der Waals surface area contributed by atoms with Crippen molar-refractivity contribution >= 4 is 46.1 Å². The smallest absolute Gasteiger partial charge is 0.338 e. The summed E-state index contributed by atoms with van der Waals surface area (Å²) in [7, 11) is 0. The summed E-state index contributed by atoms with van der Waals surface area (Å²) in [6, 6.07) is 3.15. The number of benzene rings is 1. The number of carbonyl (C=O) groups excluding carboxylic acids is 1. The Morgan fingerprint density at radius 2 is 2.29 bits per heavy atom. The van der Waals surface area contributed by atoms with Crippen LogP contribution in [0.4, 0.5) is 0 Å². The molecule has 0 heterocycles. The minimum absolute atomic E-state index is 0.342. The van der Waals surface area contributed by atoms with Crippen molar-refractivity contribution in [2.45, 2.75) is 11.8 Å². The number of hydrogen-bond acceptors (Lipinski definition) is 3. The van der Waals surface area contributed by atoms with E-state index in [9.17, 15) is 4.79 Å². The van der Waals surface area contributed by atoms with Gasteiger partial charge in [0.2, 0.25) is 0 Å². The van der Waals surface area contributed by atoms with Gasteiger partial charge in [-0.25, -0.2) is 4.79 Å². The minimum Gasteiger partial charge on any atom is -0.462 e. The molecular weight excluding hydrogens is 288 g/mol. The topological polar surface area (TPSA) is 26.3 Å². The van der Waals surface area contributed by atoms with Gasteiger partial charge in [-0.15, -0.1) is 12.6 Å². The van der Waals surface area contributed by atoms with Crippen molar-refractivity contribution in [3.8, 4) is 0 Å². The Morgan fingerprint density at radius 1 is 1.64 bits per heavy atom. The zero-order valence-corrected chi connectivity index (χ0v) is 10.6. The number of esters is 1. The van der Waals surface area contributed by atoms with Gasteiger partial charge in [-0.3, -0.25) is 0 Å². The lowest BCUT2D eigenvalue weighted by molar-refractivity contribution is 0.0526. The fourth-order valence-corrected chi connectivity index (χ4v) is 1.68. The maximum Gasteiger partial charge on any atom is 0.338 e. The highest BCUT2D eigenvalue weighted by Gasteiger charge is 2.11. The van der Waals surface area contributed by atoms with Gasteiger partial charge < -0.3 is 4.74 Å². The fourth-order valence-electron chi connectivity index (χ4n) is 0.907. The van der Waals surface area contributed by atoms with Crippen molar-refractivity contribution < 1.29 is 9.53 Å². The first-order valence-electron chi connectivity index (χ1n) is 3.91. The van der Waals surface area contributed by atoms with Crippen molar-refractivity contribution in [1.82, 2.24) is 0 Å². The van der Waals surface area contributed by atoms with E-state index in [0.717, 1.165) is 0 Å². The Kier molecular flexibility index (Phi) is 4.29. The Labute approximate surface area is 101 Å². The third-order valence-electron chi connectivity index (χ3n) is 1.52. The highest BCUT2D eigenvalue weighted by Crippen LogP contribution is 2.30. The molecule has 0 aromatic heterocycles. The van der Waals surface area contributed by atoms with Gasteiger partial charge >= 0.3 is 5.97 Å². The van der Waals surface area contributed by atoms with E-state index < -0.39 is 5.97 Å². The second-order valence-corrected chi connectivity index (χ2v) is 4.19. The van der Waals surface area contributed by atoms with Crippen LogP contribution in [0.15, 0.2) is 21.5 Å². The van der Waals surface area contributed by atoms with Gasteiger partial charge in [-0.05, 0) is 35.0 Å². The SMILES string of the molecule is CCOC(=O)c1cc(S)c(Br)c(Cl)c1. The molecule has 0 N–H and O–H groups in total. The zero-order chi connectivity index (χ0) is 10.7. The Hall–Kier alpha value is -0.190. The molecule has 0 aliphatic carbocycles. The van der Waals surface area contributed by atoms with Crippen molar-refractivity contribution in [1.29, 1.82) is 0 Å². The normalized spacial score (nSPS) is 10.0. The number of ether oxygens (including phenoxy) is 1. The molecule has 0 atom stereocenters. The summed E-state index contributed by atoms with van der Waals surface area (Å²) in [4.78, 5) is 11.9. The van der Waals surface area contributed by atoms with Crippen LogP contribution in [0.5, 0.6) is 0 Å². The molecule has 0 spiro atoms. The lowest BCUT2D eigenvalue weighted by atomic mass is 10.2. The lowest BCUT2D eigenvalue weighted by Gasteiger charge is -2.05. The molecule has 0 unspecified atom stereocenters. The Balaban J connectivity index is 3.06. The number of halogens is 2. The van der Waals surface area contributed by atoms with Gasteiger partial charge in [-0.1, -0.05) is 11.6 Å². The molecule has 0 aliphatic rings. The van der Waals surface area contributed by atoms with E-state index in [0.29, 0.717) is 26.6 Å². The second-order valence-electron chi connectivity index (χ2n) is 2.51. The van der Waals surface area contributed by atoms with Crippen LogP contribution in [0, 0.1) is 0 Å². The summed E-state index contributed by atoms with van der Waals surface area (Å²) < 4.78 is 5.51. The monoisotopic (exact) mass is 294 g/mol. The molecule has 0 fully saturated rings. The molecule has 0 amide bonds. The number of thiol groups is 1. The van der Waals surface area contributed by atoms with E-state index in [1.165, 1.54) is 0 Å². The molecule has 1 rings (SSSR count). The van der Waals surface area contributed by atoms with E-state index >= 15 is 0 Å². The first-order valence-corrected chi connectivity index (χ1v) is 5.53. The van der Waals surface area contributed by atoms with Gasteiger partial charge in [0.25, 0.3) is 0 Å². The van der Waals surface area contributed by atoms with E-state index in [1.54, 1.807) is 19.1 Å². The number of carbonyl (C=O) groups is 1. The molecule has 5 heteroatoms.